The Balaban J connectivity index is 0.00000541. The van der Waals surface area contributed by atoms with Crippen molar-refractivity contribution in [1.82, 2.24) is 15.1 Å². The molecule has 2 amide bonds. The molecule has 0 aromatic heterocycles. The largest absolute Gasteiger partial charge is 0.493 e. The number of hydrogen-bond acceptors (Lipinski definition) is 5. The maximum Gasteiger partial charge on any atom is 0.411 e. The number of amides is 2. The van der Waals surface area contributed by atoms with Crippen molar-refractivity contribution in [2.45, 2.75) is 101 Å². The molecule has 3 aromatic carbocycles. The van der Waals surface area contributed by atoms with Gasteiger partial charge in [0.2, 0.25) is 3.79 Å². The summed E-state index contributed by atoms with van der Waals surface area (Å²) in [7, 11) is 0. The highest BCUT2D eigenvalue weighted by atomic mass is 35.6. The van der Waals surface area contributed by atoms with Crippen molar-refractivity contribution in [2.75, 3.05) is 26.2 Å². The number of hydrogen-bond donors (Lipinski definition) is 1. The minimum absolute atomic E-state index is 0. The van der Waals surface area contributed by atoms with E-state index in [-0.39, 0.29) is 30.4 Å². The predicted octanol–water partition coefficient (Wildman–Crippen LogP) is 9.28. The molecule has 1 N–H and O–H groups in total. The van der Waals surface area contributed by atoms with Crippen LogP contribution in [0.3, 0.4) is 0 Å². The van der Waals surface area contributed by atoms with Gasteiger partial charge in [-0.3, -0.25) is 9.69 Å². The summed E-state index contributed by atoms with van der Waals surface area (Å²) in [6, 6.07) is 20.5. The lowest BCUT2D eigenvalue weighted by Crippen LogP contribution is -2.64. The summed E-state index contributed by atoms with van der Waals surface area (Å²) in [5.41, 5.74) is 8.25. The van der Waals surface area contributed by atoms with E-state index in [0.29, 0.717) is 38.2 Å². The number of ether oxygens (including phenoxy) is 2. The lowest BCUT2D eigenvalue weighted by Gasteiger charge is -2.48. The quantitative estimate of drug-likeness (QED) is 0.196. The summed E-state index contributed by atoms with van der Waals surface area (Å²) in [6.07, 6.45) is 3.33. The highest BCUT2D eigenvalue weighted by molar-refractivity contribution is 6.68. The fourth-order valence-corrected chi connectivity index (χ4v) is 7.35. The number of nitrogens with one attached hydrogen (secondary N) is 1. The molecule has 2 atom stereocenters. The molecule has 1 aliphatic carbocycles. The number of carbonyl (C=O) groups is 2. The van der Waals surface area contributed by atoms with E-state index in [1.165, 1.54) is 22.3 Å². The molecular formula is C42H51Cl4N3O4. The Bertz CT molecular complexity index is 1820. The Morgan fingerprint density at radius 2 is 1.49 bits per heavy atom. The first-order valence-electron chi connectivity index (χ1n) is 18.3. The summed E-state index contributed by atoms with van der Waals surface area (Å²) in [6.45, 7) is 13.6. The van der Waals surface area contributed by atoms with Gasteiger partial charge in [-0.25, -0.2) is 4.79 Å². The van der Waals surface area contributed by atoms with Gasteiger partial charge in [0, 0.05) is 37.7 Å². The normalized spacial score (nSPS) is 18.7. The summed E-state index contributed by atoms with van der Waals surface area (Å²) < 4.78 is 10.3. The van der Waals surface area contributed by atoms with E-state index in [9.17, 15) is 9.59 Å². The van der Waals surface area contributed by atoms with Crippen molar-refractivity contribution in [3.8, 4) is 5.75 Å². The van der Waals surface area contributed by atoms with Crippen LogP contribution in [0, 0.1) is 27.7 Å². The van der Waals surface area contributed by atoms with Gasteiger partial charge in [-0.15, -0.1) is 12.4 Å². The number of halogens is 4. The standard InChI is InChI=1S/C42H50Cl3N3O4.ClH/c1-26-7-11-30(12-8-26)19-21-47(33-17-18-33)39(49)37-35(23-34-24-46-25-36(37)48(34)40(50)52-41(5,6)42(43,44)45)32-15-13-31(14-16-32)20-22-51-38-28(3)10-9-27(2)29(38)4;/h7-16,33-34,36,46H,17-25H2,1-6H3;1H. The molecule has 11 heteroatoms. The zero-order valence-corrected chi connectivity index (χ0v) is 34.5. The van der Waals surface area contributed by atoms with Gasteiger partial charge in [0.25, 0.3) is 5.91 Å². The van der Waals surface area contributed by atoms with E-state index in [1.807, 2.05) is 4.90 Å². The average molecular weight is 804 g/mol. The van der Waals surface area contributed by atoms with Crippen LogP contribution in [0.15, 0.2) is 66.2 Å². The van der Waals surface area contributed by atoms with Crippen molar-refractivity contribution in [1.29, 1.82) is 0 Å². The predicted molar refractivity (Wildman–Crippen MR) is 218 cm³/mol. The van der Waals surface area contributed by atoms with Crippen molar-refractivity contribution >= 4 is 64.8 Å². The zero-order chi connectivity index (χ0) is 37.4. The van der Waals surface area contributed by atoms with Gasteiger partial charge in [0.15, 0.2) is 5.60 Å². The molecule has 286 valence electrons. The van der Waals surface area contributed by atoms with Crippen LogP contribution in [0.1, 0.15) is 72.1 Å². The van der Waals surface area contributed by atoms with Gasteiger partial charge in [0.1, 0.15) is 5.75 Å². The Labute approximate surface area is 335 Å². The summed E-state index contributed by atoms with van der Waals surface area (Å²) in [5.74, 6) is 0.923. The number of nitrogens with zero attached hydrogens (tertiary/aromatic N) is 2. The molecule has 6 rings (SSSR count). The molecule has 3 aliphatic rings. The number of alkyl halides is 3. The molecule has 3 aromatic rings. The number of rotatable bonds is 11. The van der Waals surface area contributed by atoms with Crippen molar-refractivity contribution in [3.05, 3.63) is 105 Å². The van der Waals surface area contributed by atoms with Crippen LogP contribution < -0.4 is 10.1 Å². The van der Waals surface area contributed by atoms with Crippen molar-refractivity contribution < 1.29 is 19.1 Å². The van der Waals surface area contributed by atoms with E-state index in [4.69, 9.17) is 44.3 Å². The molecule has 0 radical (unpaired) electrons. The molecule has 2 bridgehead atoms. The molecule has 2 unspecified atom stereocenters. The molecule has 1 saturated heterocycles. The fourth-order valence-electron chi connectivity index (χ4n) is 7.23. The highest BCUT2D eigenvalue weighted by Gasteiger charge is 2.50. The third-order valence-corrected chi connectivity index (χ3v) is 12.2. The lowest BCUT2D eigenvalue weighted by atomic mass is 9.81. The molecule has 0 spiro atoms. The summed E-state index contributed by atoms with van der Waals surface area (Å²) >= 11 is 18.7. The van der Waals surface area contributed by atoms with Crippen LogP contribution in [0.5, 0.6) is 5.75 Å². The summed E-state index contributed by atoms with van der Waals surface area (Å²) in [5, 5.41) is 3.48. The molecular weight excluding hydrogens is 752 g/mol. The molecule has 2 fully saturated rings. The van der Waals surface area contributed by atoms with E-state index in [2.05, 4.69) is 93.7 Å². The smallest absolute Gasteiger partial charge is 0.411 e. The number of fused-ring (bicyclic) bond motifs is 2. The number of aryl methyl sites for hydroxylation is 3. The van der Waals surface area contributed by atoms with Crippen LogP contribution in [-0.2, 0) is 22.4 Å². The zero-order valence-electron chi connectivity index (χ0n) is 31.4. The first kappa shape index (κ1) is 41.2. The topological polar surface area (TPSA) is 71.1 Å². The monoisotopic (exact) mass is 801 g/mol. The van der Waals surface area contributed by atoms with Gasteiger partial charge in [-0.1, -0.05) is 101 Å². The minimum atomic E-state index is -1.84. The molecule has 53 heavy (non-hydrogen) atoms. The fraction of sp³-hybridized carbons (Fsp3) is 0.476. The van der Waals surface area contributed by atoms with Crippen LogP contribution in [0.25, 0.3) is 5.57 Å². The SMILES string of the molecule is Cc1ccc(CCN(C(=O)C2=C(c3ccc(CCOc4c(C)ccc(C)c4C)cc3)CC3CNCC2N3C(=O)OC(C)(C)C(Cl)(Cl)Cl)C2CC2)cc1.Cl. The first-order valence-corrected chi connectivity index (χ1v) is 19.4. The van der Waals surface area contributed by atoms with E-state index in [0.717, 1.165) is 53.7 Å². The van der Waals surface area contributed by atoms with E-state index in [1.54, 1.807) is 18.7 Å². The molecule has 7 nitrogen and oxygen atoms in total. The van der Waals surface area contributed by atoms with Crippen molar-refractivity contribution in [3.63, 3.8) is 0 Å². The van der Waals surface area contributed by atoms with Gasteiger partial charge in [-0.05, 0) is 106 Å². The van der Waals surface area contributed by atoms with E-state index < -0.39 is 21.5 Å². The second-order valence-electron chi connectivity index (χ2n) is 15.1. The number of carbonyl (C=O) groups excluding carboxylic acids is 2. The van der Waals surface area contributed by atoms with Crippen molar-refractivity contribution in [2.24, 2.45) is 0 Å². The highest BCUT2D eigenvalue weighted by Crippen LogP contribution is 2.43. The van der Waals surface area contributed by atoms with Gasteiger partial charge >= 0.3 is 6.09 Å². The maximum absolute atomic E-state index is 15.0. The third-order valence-electron chi connectivity index (χ3n) is 10.8. The second-order valence-corrected chi connectivity index (χ2v) is 17.4. The third kappa shape index (κ3) is 9.30. The Morgan fingerprint density at radius 3 is 2.13 bits per heavy atom. The van der Waals surface area contributed by atoms with E-state index >= 15 is 0 Å². The van der Waals surface area contributed by atoms with Crippen LogP contribution >= 0.6 is 47.2 Å². The lowest BCUT2D eigenvalue weighted by molar-refractivity contribution is -0.128. The number of piperazine rings is 1. The maximum atomic E-state index is 15.0. The second kappa shape index (κ2) is 16.8. The summed E-state index contributed by atoms with van der Waals surface area (Å²) in [4.78, 5) is 32.7. The van der Waals surface area contributed by atoms with Gasteiger partial charge in [-0.2, -0.15) is 0 Å². The number of benzene rings is 3. The minimum Gasteiger partial charge on any atom is -0.493 e. The Kier molecular flexibility index (Phi) is 13.1. The van der Waals surface area contributed by atoms with Crippen LogP contribution in [0.2, 0.25) is 0 Å². The van der Waals surface area contributed by atoms with Crippen LogP contribution in [0.4, 0.5) is 4.79 Å². The van der Waals surface area contributed by atoms with Gasteiger partial charge in [0.05, 0.1) is 18.7 Å². The van der Waals surface area contributed by atoms with Gasteiger partial charge < -0.3 is 19.7 Å². The molecule has 1 saturated carbocycles. The molecule has 2 aliphatic heterocycles. The Hall–Kier alpha value is -2.94. The first-order chi connectivity index (χ1) is 24.6. The van der Waals surface area contributed by atoms with Crippen LogP contribution in [-0.4, -0.2) is 75.6 Å². The molecule has 2 heterocycles. The Morgan fingerprint density at radius 1 is 0.868 bits per heavy atom. The average Bonchev–Trinajstić information content (AvgIpc) is 3.93.